The molecule has 3 atom stereocenters. The summed E-state index contributed by atoms with van der Waals surface area (Å²) in [5.41, 5.74) is 2.48. The first-order valence-electron chi connectivity index (χ1n) is 11.6. The molecule has 4 N–H and O–H groups in total. The lowest BCUT2D eigenvalue weighted by molar-refractivity contribution is -0.156. The van der Waals surface area contributed by atoms with Gasteiger partial charge in [0.05, 0.1) is 12.5 Å². The van der Waals surface area contributed by atoms with Crippen LogP contribution in [0, 0.1) is 5.92 Å². The molecule has 0 saturated heterocycles. The number of aliphatic hydroxyl groups is 1. The maximum Gasteiger partial charge on any atom is 0.407 e. The third kappa shape index (κ3) is 4.92. The molecule has 8 heteroatoms. The molecular formula is C26H30N2O6. The van der Waals surface area contributed by atoms with E-state index in [1.54, 1.807) is 0 Å². The van der Waals surface area contributed by atoms with Gasteiger partial charge >= 0.3 is 12.1 Å². The van der Waals surface area contributed by atoms with Crippen LogP contribution < -0.4 is 10.6 Å². The zero-order valence-corrected chi connectivity index (χ0v) is 19.1. The van der Waals surface area contributed by atoms with E-state index >= 15 is 0 Å². The molecule has 180 valence electrons. The van der Waals surface area contributed by atoms with Crippen molar-refractivity contribution in [1.82, 2.24) is 10.6 Å². The van der Waals surface area contributed by atoms with Crippen molar-refractivity contribution in [2.24, 2.45) is 5.92 Å². The number of carboxylic acids is 1. The third-order valence-corrected chi connectivity index (χ3v) is 6.82. The lowest BCUT2D eigenvalue weighted by atomic mass is 9.83. The minimum atomic E-state index is -2.06. The van der Waals surface area contributed by atoms with Gasteiger partial charge < -0.3 is 25.6 Å². The van der Waals surface area contributed by atoms with Crippen LogP contribution in [0.2, 0.25) is 0 Å². The molecule has 1 fully saturated rings. The number of hydrogen-bond donors (Lipinski definition) is 4. The molecule has 2 aliphatic carbocycles. The zero-order chi connectivity index (χ0) is 24.3. The summed E-state index contributed by atoms with van der Waals surface area (Å²) < 4.78 is 5.62. The number of aliphatic carboxylic acids is 1. The Labute approximate surface area is 198 Å². The van der Waals surface area contributed by atoms with Gasteiger partial charge in [-0.25, -0.2) is 9.59 Å². The highest BCUT2D eigenvalue weighted by Crippen LogP contribution is 2.44. The smallest absolute Gasteiger partial charge is 0.407 e. The van der Waals surface area contributed by atoms with E-state index in [-0.39, 0.29) is 18.4 Å². The fraction of sp³-hybridized carbons (Fsp3) is 0.423. The Morgan fingerprint density at radius 3 is 2.21 bits per heavy atom. The second kappa shape index (κ2) is 9.85. The second-order valence-corrected chi connectivity index (χ2v) is 9.26. The average molecular weight is 467 g/mol. The fourth-order valence-electron chi connectivity index (χ4n) is 4.87. The Hall–Kier alpha value is -3.39. The van der Waals surface area contributed by atoms with Gasteiger partial charge in [-0.1, -0.05) is 61.4 Å². The average Bonchev–Trinajstić information content (AvgIpc) is 3.15. The van der Waals surface area contributed by atoms with Crippen LogP contribution in [0.5, 0.6) is 0 Å². The maximum absolute atomic E-state index is 12.7. The molecule has 2 aromatic rings. The van der Waals surface area contributed by atoms with Crippen molar-refractivity contribution in [2.75, 3.05) is 13.2 Å². The Morgan fingerprint density at radius 2 is 1.59 bits per heavy atom. The standard InChI is InChI=1S/C26H30N2O6/c1-26(33,24(30)31)15-27-23(29)20-12-6-7-13-22(20)28-25(32)34-14-21-18-10-4-2-8-16(18)17-9-3-5-11-19(17)21/h2-5,8-11,20-22,33H,6-7,12-15H2,1H3,(H,27,29)(H,28,32)(H,30,31)/t20-,22+,26?/m0/s1. The quantitative estimate of drug-likeness (QED) is 0.497. The van der Waals surface area contributed by atoms with Crippen molar-refractivity contribution in [2.45, 2.75) is 50.2 Å². The van der Waals surface area contributed by atoms with E-state index in [9.17, 15) is 19.5 Å². The first-order valence-corrected chi connectivity index (χ1v) is 11.6. The van der Waals surface area contributed by atoms with E-state index in [0.29, 0.717) is 12.8 Å². The van der Waals surface area contributed by atoms with Crippen LogP contribution in [0.15, 0.2) is 48.5 Å². The number of carbonyl (C=O) groups is 3. The summed E-state index contributed by atoms with van der Waals surface area (Å²) in [4.78, 5) is 36.5. The number of ether oxygens (including phenoxy) is 1. The molecule has 0 radical (unpaired) electrons. The number of hydrogen-bond acceptors (Lipinski definition) is 5. The molecule has 2 amide bonds. The van der Waals surface area contributed by atoms with E-state index in [4.69, 9.17) is 9.84 Å². The van der Waals surface area contributed by atoms with Crippen LogP contribution in [0.1, 0.15) is 49.7 Å². The van der Waals surface area contributed by atoms with Crippen LogP contribution in [-0.2, 0) is 14.3 Å². The monoisotopic (exact) mass is 466 g/mol. The number of nitrogens with one attached hydrogen (secondary N) is 2. The molecule has 4 rings (SSSR count). The van der Waals surface area contributed by atoms with Gasteiger partial charge in [-0.05, 0) is 42.0 Å². The number of fused-ring (bicyclic) bond motifs is 3. The minimum absolute atomic E-state index is 0.0538. The van der Waals surface area contributed by atoms with Crippen LogP contribution in [-0.4, -0.2) is 53.0 Å². The number of carbonyl (C=O) groups excluding carboxylic acids is 2. The number of alkyl carbamates (subject to hydrolysis) is 1. The van der Waals surface area contributed by atoms with Gasteiger partial charge in [-0.2, -0.15) is 0 Å². The van der Waals surface area contributed by atoms with Crippen molar-refractivity contribution < 1.29 is 29.3 Å². The van der Waals surface area contributed by atoms with Crippen molar-refractivity contribution in [3.05, 3.63) is 59.7 Å². The van der Waals surface area contributed by atoms with Crippen LogP contribution in [0.4, 0.5) is 4.79 Å². The number of benzene rings is 2. The van der Waals surface area contributed by atoms with Gasteiger partial charge in [0.1, 0.15) is 6.61 Å². The maximum atomic E-state index is 12.7. The normalized spacial score (nSPS) is 21.0. The highest BCUT2D eigenvalue weighted by molar-refractivity contribution is 5.83. The molecule has 0 spiro atoms. The van der Waals surface area contributed by atoms with E-state index in [1.165, 1.54) is 0 Å². The van der Waals surface area contributed by atoms with Crippen molar-refractivity contribution in [3.63, 3.8) is 0 Å². The predicted octanol–water partition coefficient (Wildman–Crippen LogP) is 3.04. The Kier molecular flexibility index (Phi) is 6.88. The second-order valence-electron chi connectivity index (χ2n) is 9.26. The van der Waals surface area contributed by atoms with Gasteiger partial charge in [-0.15, -0.1) is 0 Å². The summed E-state index contributed by atoms with van der Waals surface area (Å²) in [5, 5.41) is 24.2. The van der Waals surface area contributed by atoms with Gasteiger partial charge in [0.15, 0.2) is 5.60 Å². The highest BCUT2D eigenvalue weighted by Gasteiger charge is 2.36. The van der Waals surface area contributed by atoms with E-state index < -0.39 is 36.2 Å². The SMILES string of the molecule is CC(O)(CNC(=O)[C@H]1CCCC[C@H]1NC(=O)OCC1c2ccccc2-c2ccccc21)C(=O)O. The molecule has 0 bridgehead atoms. The van der Waals surface area contributed by atoms with Gasteiger partial charge in [0.25, 0.3) is 0 Å². The molecule has 34 heavy (non-hydrogen) atoms. The Bertz CT molecular complexity index is 1040. The van der Waals surface area contributed by atoms with Crippen LogP contribution in [0.3, 0.4) is 0 Å². The largest absolute Gasteiger partial charge is 0.479 e. The Balaban J connectivity index is 1.37. The van der Waals surface area contributed by atoms with Gasteiger partial charge in [-0.3, -0.25) is 4.79 Å². The number of rotatable bonds is 7. The lowest BCUT2D eigenvalue weighted by Gasteiger charge is -2.31. The molecule has 2 aromatic carbocycles. The first kappa shape index (κ1) is 23.8. The predicted molar refractivity (Wildman–Crippen MR) is 125 cm³/mol. The van der Waals surface area contributed by atoms with Crippen LogP contribution >= 0.6 is 0 Å². The molecule has 2 aliphatic rings. The molecule has 0 heterocycles. The van der Waals surface area contributed by atoms with E-state index in [2.05, 4.69) is 34.9 Å². The third-order valence-electron chi connectivity index (χ3n) is 6.82. The van der Waals surface area contributed by atoms with Gasteiger partial charge in [0.2, 0.25) is 5.91 Å². The highest BCUT2D eigenvalue weighted by atomic mass is 16.5. The molecule has 1 unspecified atom stereocenters. The minimum Gasteiger partial charge on any atom is -0.479 e. The van der Waals surface area contributed by atoms with E-state index in [0.717, 1.165) is 42.0 Å². The van der Waals surface area contributed by atoms with Crippen molar-refractivity contribution in [1.29, 1.82) is 0 Å². The summed E-state index contributed by atoms with van der Waals surface area (Å²) in [6.45, 7) is 0.906. The van der Waals surface area contributed by atoms with E-state index in [1.807, 2.05) is 24.3 Å². The first-order chi connectivity index (χ1) is 16.3. The fourth-order valence-corrected chi connectivity index (χ4v) is 4.87. The molecular weight excluding hydrogens is 436 g/mol. The topological polar surface area (TPSA) is 125 Å². The van der Waals surface area contributed by atoms with Crippen molar-refractivity contribution >= 4 is 18.0 Å². The molecule has 8 nitrogen and oxygen atoms in total. The van der Waals surface area contributed by atoms with Crippen molar-refractivity contribution in [3.8, 4) is 11.1 Å². The summed E-state index contributed by atoms with van der Waals surface area (Å²) >= 11 is 0. The Morgan fingerprint density at radius 1 is 1.00 bits per heavy atom. The number of carboxylic acid groups (broad SMARTS) is 1. The molecule has 0 aromatic heterocycles. The lowest BCUT2D eigenvalue weighted by Crippen LogP contribution is -2.52. The summed E-state index contributed by atoms with van der Waals surface area (Å²) in [6.07, 6.45) is 2.30. The summed E-state index contributed by atoms with van der Waals surface area (Å²) in [6, 6.07) is 15.8. The summed E-state index contributed by atoms with van der Waals surface area (Å²) in [5.74, 6) is -2.37. The zero-order valence-electron chi connectivity index (χ0n) is 19.1. The van der Waals surface area contributed by atoms with Gasteiger partial charge in [0, 0.05) is 12.0 Å². The van der Waals surface area contributed by atoms with Crippen LogP contribution in [0.25, 0.3) is 11.1 Å². The molecule has 1 saturated carbocycles. The summed E-state index contributed by atoms with van der Waals surface area (Å²) in [7, 11) is 0. The number of amides is 2. The molecule has 0 aliphatic heterocycles.